The van der Waals surface area contributed by atoms with Gasteiger partial charge in [-0.05, 0) is 45.3 Å². The van der Waals surface area contributed by atoms with Crippen LogP contribution < -0.4 is 0 Å². The molecule has 1 fully saturated rings. The second kappa shape index (κ2) is 4.77. The van der Waals surface area contributed by atoms with E-state index in [9.17, 15) is 0 Å². The first-order valence-electron chi connectivity index (χ1n) is 7.03. The number of likely N-dealkylation sites (tertiary alicyclic amines) is 1. The van der Waals surface area contributed by atoms with Crippen LogP contribution in [0.25, 0.3) is 0 Å². The average molecular weight is 234 g/mol. The summed E-state index contributed by atoms with van der Waals surface area (Å²) in [5, 5.41) is 4.71. The quantitative estimate of drug-likeness (QED) is 0.782. The molecule has 0 amide bonds. The SMILES string of the molecule is CCN1CCC(c2nc3n(n2)CCCC3)CC1. The van der Waals surface area contributed by atoms with Crippen LogP contribution in [0.15, 0.2) is 0 Å². The lowest BCUT2D eigenvalue weighted by Gasteiger charge is -2.29. The first-order valence-corrected chi connectivity index (χ1v) is 7.03. The van der Waals surface area contributed by atoms with E-state index in [2.05, 4.69) is 16.5 Å². The van der Waals surface area contributed by atoms with Crippen molar-refractivity contribution in [2.24, 2.45) is 0 Å². The summed E-state index contributed by atoms with van der Waals surface area (Å²) in [6.07, 6.45) is 6.14. The summed E-state index contributed by atoms with van der Waals surface area (Å²) in [7, 11) is 0. The maximum absolute atomic E-state index is 4.76. The van der Waals surface area contributed by atoms with Gasteiger partial charge in [0, 0.05) is 18.9 Å². The van der Waals surface area contributed by atoms with E-state index >= 15 is 0 Å². The molecule has 4 heteroatoms. The fourth-order valence-corrected chi connectivity index (χ4v) is 2.98. The molecule has 0 atom stereocenters. The number of piperidine rings is 1. The lowest BCUT2D eigenvalue weighted by molar-refractivity contribution is 0.219. The van der Waals surface area contributed by atoms with Crippen molar-refractivity contribution in [1.82, 2.24) is 19.7 Å². The molecule has 3 rings (SSSR count). The van der Waals surface area contributed by atoms with Gasteiger partial charge in [-0.1, -0.05) is 6.92 Å². The second-order valence-corrected chi connectivity index (χ2v) is 5.28. The molecule has 1 aromatic heterocycles. The van der Waals surface area contributed by atoms with Crippen molar-refractivity contribution in [2.75, 3.05) is 19.6 Å². The number of aryl methyl sites for hydroxylation is 2. The van der Waals surface area contributed by atoms with E-state index in [0.29, 0.717) is 5.92 Å². The van der Waals surface area contributed by atoms with Crippen molar-refractivity contribution in [3.63, 3.8) is 0 Å². The Morgan fingerprint density at radius 2 is 2.00 bits per heavy atom. The normalized spacial score (nSPS) is 22.6. The molecule has 0 aromatic carbocycles. The highest BCUT2D eigenvalue weighted by atomic mass is 15.4. The van der Waals surface area contributed by atoms with Crippen molar-refractivity contribution < 1.29 is 0 Å². The zero-order valence-corrected chi connectivity index (χ0v) is 10.7. The Labute approximate surface area is 103 Å². The van der Waals surface area contributed by atoms with Crippen molar-refractivity contribution in [2.45, 2.75) is 51.5 Å². The predicted molar refractivity (Wildman–Crippen MR) is 67.0 cm³/mol. The lowest BCUT2D eigenvalue weighted by atomic mass is 9.96. The third kappa shape index (κ3) is 2.23. The highest BCUT2D eigenvalue weighted by Crippen LogP contribution is 2.26. The van der Waals surface area contributed by atoms with E-state index in [-0.39, 0.29) is 0 Å². The van der Waals surface area contributed by atoms with Gasteiger partial charge < -0.3 is 4.90 Å². The Hall–Kier alpha value is -0.900. The monoisotopic (exact) mass is 234 g/mol. The van der Waals surface area contributed by atoms with Crippen LogP contribution in [0.2, 0.25) is 0 Å². The van der Waals surface area contributed by atoms with Crippen LogP contribution in [-0.4, -0.2) is 39.3 Å². The molecule has 0 unspecified atom stereocenters. The first kappa shape index (κ1) is 11.2. The fourth-order valence-electron chi connectivity index (χ4n) is 2.98. The Bertz CT molecular complexity index is 353. The van der Waals surface area contributed by atoms with Crippen LogP contribution in [0.1, 0.15) is 50.2 Å². The van der Waals surface area contributed by atoms with Crippen molar-refractivity contribution in [1.29, 1.82) is 0 Å². The molecule has 3 heterocycles. The van der Waals surface area contributed by atoms with E-state index < -0.39 is 0 Å². The highest BCUT2D eigenvalue weighted by Gasteiger charge is 2.24. The molecule has 0 bridgehead atoms. The first-order chi connectivity index (χ1) is 8.36. The highest BCUT2D eigenvalue weighted by molar-refractivity contribution is 5.02. The molecule has 1 saturated heterocycles. The van der Waals surface area contributed by atoms with Crippen LogP contribution in [0.4, 0.5) is 0 Å². The van der Waals surface area contributed by atoms with Gasteiger partial charge in [0.1, 0.15) is 5.82 Å². The fraction of sp³-hybridized carbons (Fsp3) is 0.846. The lowest BCUT2D eigenvalue weighted by Crippen LogP contribution is -2.32. The van der Waals surface area contributed by atoms with Gasteiger partial charge in [0.25, 0.3) is 0 Å². The second-order valence-electron chi connectivity index (χ2n) is 5.28. The van der Waals surface area contributed by atoms with Crippen LogP contribution in [0, 0.1) is 0 Å². The smallest absolute Gasteiger partial charge is 0.154 e. The summed E-state index contributed by atoms with van der Waals surface area (Å²) < 4.78 is 2.14. The number of nitrogens with zero attached hydrogens (tertiary/aromatic N) is 4. The zero-order chi connectivity index (χ0) is 11.7. The van der Waals surface area contributed by atoms with Gasteiger partial charge in [-0.25, -0.2) is 9.67 Å². The molecular weight excluding hydrogens is 212 g/mol. The molecular formula is C13H22N4. The van der Waals surface area contributed by atoms with E-state index in [1.165, 1.54) is 51.1 Å². The topological polar surface area (TPSA) is 34.0 Å². The number of fused-ring (bicyclic) bond motifs is 1. The average Bonchev–Trinajstić information content (AvgIpc) is 2.82. The minimum Gasteiger partial charge on any atom is -0.304 e. The summed E-state index contributed by atoms with van der Waals surface area (Å²) in [4.78, 5) is 7.28. The molecule has 94 valence electrons. The number of rotatable bonds is 2. The minimum absolute atomic E-state index is 0.607. The van der Waals surface area contributed by atoms with Crippen LogP contribution in [0.3, 0.4) is 0 Å². The summed E-state index contributed by atoms with van der Waals surface area (Å²) in [5.74, 6) is 2.96. The number of hydrogen-bond acceptors (Lipinski definition) is 3. The molecule has 0 spiro atoms. The molecule has 0 radical (unpaired) electrons. The molecule has 1 aromatic rings. The van der Waals surface area contributed by atoms with Gasteiger partial charge >= 0.3 is 0 Å². The van der Waals surface area contributed by atoms with E-state index in [0.717, 1.165) is 18.8 Å². The molecule has 4 nitrogen and oxygen atoms in total. The van der Waals surface area contributed by atoms with Crippen LogP contribution >= 0.6 is 0 Å². The third-order valence-corrected chi connectivity index (χ3v) is 4.18. The van der Waals surface area contributed by atoms with Gasteiger partial charge in [-0.15, -0.1) is 0 Å². The van der Waals surface area contributed by atoms with Gasteiger partial charge in [0.05, 0.1) is 0 Å². The summed E-state index contributed by atoms with van der Waals surface area (Å²) in [5.41, 5.74) is 0. The van der Waals surface area contributed by atoms with Crippen molar-refractivity contribution in [3.8, 4) is 0 Å². The molecule has 17 heavy (non-hydrogen) atoms. The minimum atomic E-state index is 0.607. The predicted octanol–water partition coefficient (Wildman–Crippen LogP) is 1.81. The van der Waals surface area contributed by atoms with Gasteiger partial charge in [-0.3, -0.25) is 0 Å². The van der Waals surface area contributed by atoms with Gasteiger partial charge in [-0.2, -0.15) is 5.10 Å². The Morgan fingerprint density at radius 3 is 2.71 bits per heavy atom. The maximum atomic E-state index is 4.76. The third-order valence-electron chi connectivity index (χ3n) is 4.18. The zero-order valence-electron chi connectivity index (χ0n) is 10.7. The van der Waals surface area contributed by atoms with Crippen molar-refractivity contribution >= 4 is 0 Å². The number of hydrogen-bond donors (Lipinski definition) is 0. The van der Waals surface area contributed by atoms with Gasteiger partial charge in [0.15, 0.2) is 5.82 Å². The maximum Gasteiger partial charge on any atom is 0.154 e. The Kier molecular flexibility index (Phi) is 3.14. The van der Waals surface area contributed by atoms with Crippen LogP contribution in [-0.2, 0) is 13.0 Å². The Morgan fingerprint density at radius 1 is 1.18 bits per heavy atom. The van der Waals surface area contributed by atoms with Gasteiger partial charge in [0.2, 0.25) is 0 Å². The van der Waals surface area contributed by atoms with Crippen LogP contribution in [0.5, 0.6) is 0 Å². The summed E-state index contributed by atoms with van der Waals surface area (Å²) >= 11 is 0. The summed E-state index contributed by atoms with van der Waals surface area (Å²) in [6, 6.07) is 0. The molecule has 2 aliphatic rings. The standard InChI is InChI=1S/C13H22N4/c1-2-16-9-6-11(7-10-16)13-14-12-5-3-4-8-17(12)15-13/h11H,2-10H2,1H3. The molecule has 0 N–H and O–H groups in total. The molecule has 0 aliphatic carbocycles. The number of aromatic nitrogens is 3. The van der Waals surface area contributed by atoms with E-state index in [1.807, 2.05) is 0 Å². The largest absolute Gasteiger partial charge is 0.304 e. The van der Waals surface area contributed by atoms with E-state index in [1.54, 1.807) is 0 Å². The van der Waals surface area contributed by atoms with E-state index in [4.69, 9.17) is 10.1 Å². The Balaban J connectivity index is 1.70. The molecule has 0 saturated carbocycles. The summed E-state index contributed by atoms with van der Waals surface area (Å²) in [6.45, 7) is 6.93. The van der Waals surface area contributed by atoms with Crippen molar-refractivity contribution in [3.05, 3.63) is 11.6 Å². The molecule has 2 aliphatic heterocycles.